The van der Waals surface area contributed by atoms with Crippen LogP contribution in [0, 0.1) is 13.8 Å². The minimum atomic E-state index is -6.09. The molecule has 0 bridgehead atoms. The summed E-state index contributed by atoms with van der Waals surface area (Å²) in [7, 11) is -3.97. The minimum absolute atomic E-state index is 1.29. The van der Waals surface area contributed by atoms with E-state index in [-0.39, 0.29) is 0 Å². The molecule has 0 unspecified atom stereocenters. The first kappa shape index (κ1) is 17.4. The van der Waals surface area contributed by atoms with Crippen molar-refractivity contribution in [2.45, 2.75) is 19.4 Å². The topological polar surface area (TPSA) is 61.1 Å². The number of hydrogen-bond donors (Lipinski definition) is 0. The highest BCUT2D eigenvalue weighted by molar-refractivity contribution is 7.86. The maximum Gasteiger partial charge on any atom is 0.485 e. The number of aryl methyl sites for hydroxylation is 3. The number of aromatic nitrogens is 1. The van der Waals surface area contributed by atoms with Crippen molar-refractivity contribution in [3.8, 4) is 0 Å². The lowest BCUT2D eigenvalue weighted by atomic mass is 10.1. The molecule has 0 aliphatic carbocycles. The average Bonchev–Trinajstić information content (AvgIpc) is 2.32. The Bertz CT molecular complexity index is 755. The minimum Gasteiger partial charge on any atom is -0.741 e. The zero-order chi connectivity index (χ0) is 16.4. The number of nitrogens with zero attached hydrogens (tertiary/aromatic N) is 1. The van der Waals surface area contributed by atoms with E-state index in [9.17, 15) is 13.2 Å². The molecule has 0 aliphatic heterocycles. The highest BCUT2D eigenvalue weighted by Crippen LogP contribution is 2.20. The molecule has 8 heteroatoms. The van der Waals surface area contributed by atoms with E-state index >= 15 is 0 Å². The molecule has 0 aliphatic rings. The first-order valence-corrected chi connectivity index (χ1v) is 7.23. The fourth-order valence-corrected chi connectivity index (χ4v) is 1.77. The van der Waals surface area contributed by atoms with Gasteiger partial charge >= 0.3 is 5.51 Å². The molecule has 2 aromatic rings. The van der Waals surface area contributed by atoms with E-state index in [1.807, 2.05) is 0 Å². The first-order chi connectivity index (χ1) is 9.45. The summed E-state index contributed by atoms with van der Waals surface area (Å²) < 4.78 is 61.1. The van der Waals surface area contributed by atoms with E-state index < -0.39 is 15.6 Å². The van der Waals surface area contributed by atoms with Crippen molar-refractivity contribution in [1.29, 1.82) is 0 Å². The summed E-state index contributed by atoms with van der Waals surface area (Å²) in [5.74, 6) is 0. The SMILES string of the molecule is Cc1cccc2ccc(C)[n+](C)c12.O=S(=O)([O-])C(F)(F)F. The summed E-state index contributed by atoms with van der Waals surface area (Å²) in [6.07, 6.45) is 0. The fourth-order valence-electron chi connectivity index (χ4n) is 1.77. The van der Waals surface area contributed by atoms with Crippen LogP contribution in [0.3, 0.4) is 0 Å². The third kappa shape index (κ3) is 4.15. The number of rotatable bonds is 0. The molecular formula is C13H14F3NO3S. The zero-order valence-corrected chi connectivity index (χ0v) is 12.4. The number of alkyl halides is 3. The molecule has 116 valence electrons. The first-order valence-electron chi connectivity index (χ1n) is 5.82. The van der Waals surface area contributed by atoms with Gasteiger partial charge in [0.15, 0.2) is 15.8 Å². The van der Waals surface area contributed by atoms with Gasteiger partial charge in [-0.25, -0.2) is 8.42 Å². The van der Waals surface area contributed by atoms with Crippen molar-refractivity contribution in [3.63, 3.8) is 0 Å². The van der Waals surface area contributed by atoms with Crippen LogP contribution in [0.25, 0.3) is 10.9 Å². The molecule has 4 nitrogen and oxygen atoms in total. The van der Waals surface area contributed by atoms with Crippen molar-refractivity contribution in [1.82, 2.24) is 0 Å². The number of para-hydroxylation sites is 1. The lowest BCUT2D eigenvalue weighted by Gasteiger charge is -2.08. The van der Waals surface area contributed by atoms with Gasteiger partial charge in [0.25, 0.3) is 0 Å². The quantitative estimate of drug-likeness (QED) is 0.425. The van der Waals surface area contributed by atoms with Crippen LogP contribution in [-0.4, -0.2) is 18.5 Å². The molecule has 1 aromatic heterocycles. The number of halogens is 3. The van der Waals surface area contributed by atoms with Gasteiger partial charge in [0.05, 0.1) is 0 Å². The van der Waals surface area contributed by atoms with E-state index in [0.29, 0.717) is 0 Å². The standard InChI is InChI=1S/C12H14N.CHF3O3S/c1-9-5-4-6-11-8-7-10(2)13(3)12(9)11;2-1(3,4)8(5,6)7/h4-8H,1-3H3;(H,5,6,7)/q+1;/p-1. The second kappa shape index (κ2) is 5.98. The highest BCUT2D eigenvalue weighted by Gasteiger charge is 2.36. The highest BCUT2D eigenvalue weighted by atomic mass is 32.2. The van der Waals surface area contributed by atoms with E-state index in [0.717, 1.165) is 0 Å². The van der Waals surface area contributed by atoms with Gasteiger partial charge in [-0.05, 0) is 19.1 Å². The van der Waals surface area contributed by atoms with Gasteiger partial charge in [0.1, 0.15) is 7.05 Å². The van der Waals surface area contributed by atoms with Gasteiger partial charge in [-0.3, -0.25) is 0 Å². The Morgan fingerprint density at radius 3 is 2.10 bits per heavy atom. The van der Waals surface area contributed by atoms with Crippen LogP contribution in [0.4, 0.5) is 13.2 Å². The van der Waals surface area contributed by atoms with Gasteiger partial charge in [-0.15, -0.1) is 0 Å². The van der Waals surface area contributed by atoms with Crippen LogP contribution in [-0.2, 0) is 17.2 Å². The van der Waals surface area contributed by atoms with E-state index in [4.69, 9.17) is 13.0 Å². The van der Waals surface area contributed by atoms with Crippen LogP contribution in [0.2, 0.25) is 0 Å². The monoisotopic (exact) mass is 321 g/mol. The molecule has 0 N–H and O–H groups in total. The van der Waals surface area contributed by atoms with Crippen molar-refractivity contribution in [3.05, 3.63) is 41.6 Å². The molecule has 2 rings (SSSR count). The van der Waals surface area contributed by atoms with Crippen LogP contribution < -0.4 is 4.57 Å². The molecule has 0 saturated carbocycles. The molecule has 0 atom stereocenters. The maximum absolute atomic E-state index is 10.7. The number of benzene rings is 1. The second-order valence-corrected chi connectivity index (χ2v) is 5.82. The average molecular weight is 321 g/mol. The van der Waals surface area contributed by atoms with Gasteiger partial charge in [-0.1, -0.05) is 12.1 Å². The summed E-state index contributed by atoms with van der Waals surface area (Å²) in [4.78, 5) is 0. The van der Waals surface area contributed by atoms with Crippen LogP contribution >= 0.6 is 0 Å². The normalized spacial score (nSPS) is 12.0. The van der Waals surface area contributed by atoms with Crippen molar-refractivity contribution >= 4 is 21.0 Å². The predicted molar refractivity (Wildman–Crippen MR) is 70.4 cm³/mol. The Kier molecular flexibility index (Phi) is 4.95. The second-order valence-electron chi connectivity index (χ2n) is 4.45. The Balaban J connectivity index is 0.000000240. The van der Waals surface area contributed by atoms with Crippen LogP contribution in [0.1, 0.15) is 11.3 Å². The smallest absolute Gasteiger partial charge is 0.485 e. The molecule has 0 spiro atoms. The summed E-state index contributed by atoms with van der Waals surface area (Å²) >= 11 is 0. The van der Waals surface area contributed by atoms with Gasteiger partial charge in [-0.2, -0.15) is 17.7 Å². The molecule has 1 aromatic carbocycles. The van der Waals surface area contributed by atoms with E-state index in [1.165, 1.54) is 22.2 Å². The third-order valence-electron chi connectivity index (χ3n) is 2.92. The predicted octanol–water partition coefficient (Wildman–Crippen LogP) is 2.33. The summed E-state index contributed by atoms with van der Waals surface area (Å²) in [6, 6.07) is 10.7. The molecule has 21 heavy (non-hydrogen) atoms. The van der Waals surface area contributed by atoms with E-state index in [2.05, 4.69) is 55.8 Å². The van der Waals surface area contributed by atoms with Crippen LogP contribution in [0.5, 0.6) is 0 Å². The Morgan fingerprint density at radius 1 is 1.10 bits per heavy atom. The molecule has 0 fully saturated rings. The lowest BCUT2D eigenvalue weighted by molar-refractivity contribution is -0.651. The maximum atomic E-state index is 10.7. The van der Waals surface area contributed by atoms with E-state index in [1.54, 1.807) is 0 Å². The van der Waals surface area contributed by atoms with Crippen LogP contribution in [0.15, 0.2) is 30.3 Å². The van der Waals surface area contributed by atoms with Crippen molar-refractivity contribution < 1.29 is 30.7 Å². The molecule has 1 heterocycles. The van der Waals surface area contributed by atoms with Crippen molar-refractivity contribution in [2.24, 2.45) is 7.05 Å². The molecular weight excluding hydrogens is 307 g/mol. The number of pyridine rings is 1. The van der Waals surface area contributed by atoms with Gasteiger partial charge < -0.3 is 4.55 Å². The molecule has 0 radical (unpaired) electrons. The van der Waals surface area contributed by atoms with Gasteiger partial charge in [0.2, 0.25) is 5.52 Å². The lowest BCUT2D eigenvalue weighted by Crippen LogP contribution is -2.33. The Hall–Kier alpha value is -1.67. The summed E-state index contributed by atoms with van der Waals surface area (Å²) in [5.41, 5.74) is -1.68. The molecule has 0 amide bonds. The summed E-state index contributed by atoms with van der Waals surface area (Å²) in [5, 5.41) is 1.31. The Labute approximate surface area is 120 Å². The Morgan fingerprint density at radius 2 is 1.62 bits per heavy atom. The van der Waals surface area contributed by atoms with Crippen molar-refractivity contribution in [2.75, 3.05) is 0 Å². The summed E-state index contributed by atoms with van der Waals surface area (Å²) in [6.45, 7) is 4.29. The van der Waals surface area contributed by atoms with Gasteiger partial charge in [0, 0.05) is 23.9 Å². The number of hydrogen-bond acceptors (Lipinski definition) is 3. The largest absolute Gasteiger partial charge is 0.741 e. The molecule has 0 saturated heterocycles. The third-order valence-corrected chi connectivity index (χ3v) is 3.49. The fraction of sp³-hybridized carbons (Fsp3) is 0.308. The zero-order valence-electron chi connectivity index (χ0n) is 11.6. The number of fused-ring (bicyclic) bond motifs is 1.